The summed E-state index contributed by atoms with van der Waals surface area (Å²) in [5, 5.41) is 0. The van der Waals surface area contributed by atoms with Gasteiger partial charge < -0.3 is 14.4 Å². The SMILES string of the molecule is O=C(CCN(Cc1ccccc1)CC1CCOCC1)N1CCOCC1. The quantitative estimate of drug-likeness (QED) is 0.759. The first-order valence-electron chi connectivity index (χ1n) is 9.51. The molecule has 3 rings (SSSR count). The monoisotopic (exact) mass is 346 g/mol. The van der Waals surface area contributed by atoms with Gasteiger partial charge >= 0.3 is 0 Å². The predicted octanol–water partition coefficient (Wildman–Crippen LogP) is 2.16. The Bertz CT molecular complexity index is 511. The zero-order chi connectivity index (χ0) is 17.3. The molecular weight excluding hydrogens is 316 g/mol. The van der Waals surface area contributed by atoms with Crippen LogP contribution in [0.2, 0.25) is 0 Å². The van der Waals surface area contributed by atoms with Crippen molar-refractivity contribution in [3.05, 3.63) is 35.9 Å². The van der Waals surface area contributed by atoms with Gasteiger partial charge in [-0.3, -0.25) is 9.69 Å². The highest BCUT2D eigenvalue weighted by molar-refractivity contribution is 5.76. The molecule has 0 bridgehead atoms. The molecule has 0 aliphatic carbocycles. The Hall–Kier alpha value is -1.43. The van der Waals surface area contributed by atoms with Crippen LogP contribution in [0.5, 0.6) is 0 Å². The fraction of sp³-hybridized carbons (Fsp3) is 0.650. The van der Waals surface area contributed by atoms with Gasteiger partial charge in [0.25, 0.3) is 0 Å². The van der Waals surface area contributed by atoms with E-state index in [1.165, 1.54) is 5.56 Å². The van der Waals surface area contributed by atoms with Crippen molar-refractivity contribution in [1.82, 2.24) is 9.80 Å². The summed E-state index contributed by atoms with van der Waals surface area (Å²) in [6.45, 7) is 7.33. The molecule has 0 saturated carbocycles. The van der Waals surface area contributed by atoms with Gasteiger partial charge in [0, 0.05) is 52.4 Å². The zero-order valence-electron chi connectivity index (χ0n) is 15.1. The third kappa shape index (κ3) is 6.10. The Labute approximate surface area is 150 Å². The van der Waals surface area contributed by atoms with Crippen molar-refractivity contribution < 1.29 is 14.3 Å². The predicted molar refractivity (Wildman–Crippen MR) is 97.3 cm³/mol. The van der Waals surface area contributed by atoms with Crippen LogP contribution < -0.4 is 0 Å². The largest absolute Gasteiger partial charge is 0.381 e. The van der Waals surface area contributed by atoms with E-state index in [-0.39, 0.29) is 5.91 Å². The first kappa shape index (κ1) is 18.4. The molecule has 2 fully saturated rings. The van der Waals surface area contributed by atoms with Crippen molar-refractivity contribution >= 4 is 5.91 Å². The summed E-state index contributed by atoms with van der Waals surface area (Å²) < 4.78 is 10.8. The van der Waals surface area contributed by atoms with E-state index in [1.807, 2.05) is 11.0 Å². The van der Waals surface area contributed by atoms with Crippen LogP contribution in [0.3, 0.4) is 0 Å². The molecule has 0 unspecified atom stereocenters. The minimum absolute atomic E-state index is 0.258. The van der Waals surface area contributed by atoms with Crippen molar-refractivity contribution in [1.29, 1.82) is 0 Å². The number of benzene rings is 1. The van der Waals surface area contributed by atoms with Crippen molar-refractivity contribution in [3.63, 3.8) is 0 Å². The fourth-order valence-electron chi connectivity index (χ4n) is 3.60. The molecule has 1 aromatic rings. The molecule has 0 aromatic heterocycles. The first-order valence-corrected chi connectivity index (χ1v) is 9.51. The number of ether oxygens (including phenoxy) is 2. The minimum Gasteiger partial charge on any atom is -0.381 e. The molecule has 1 amide bonds. The average Bonchev–Trinajstić information content (AvgIpc) is 2.68. The molecule has 2 aliphatic heterocycles. The lowest BCUT2D eigenvalue weighted by Crippen LogP contribution is -2.42. The number of hydrogen-bond donors (Lipinski definition) is 0. The molecule has 0 radical (unpaired) electrons. The maximum atomic E-state index is 12.5. The molecular formula is C20H30N2O3. The summed E-state index contributed by atoms with van der Waals surface area (Å²) >= 11 is 0. The second-order valence-electron chi connectivity index (χ2n) is 7.02. The average molecular weight is 346 g/mol. The number of amides is 1. The highest BCUT2D eigenvalue weighted by atomic mass is 16.5. The smallest absolute Gasteiger partial charge is 0.224 e. The van der Waals surface area contributed by atoms with Gasteiger partial charge in [0.05, 0.1) is 13.2 Å². The molecule has 2 aliphatic rings. The number of hydrogen-bond acceptors (Lipinski definition) is 4. The summed E-state index contributed by atoms with van der Waals surface area (Å²) in [6.07, 6.45) is 2.85. The van der Waals surface area contributed by atoms with Crippen LogP contribution in [-0.2, 0) is 20.8 Å². The van der Waals surface area contributed by atoms with E-state index in [0.717, 1.165) is 58.8 Å². The Morgan fingerprint density at radius 1 is 1.04 bits per heavy atom. The lowest BCUT2D eigenvalue weighted by Gasteiger charge is -2.31. The second kappa shape index (κ2) is 9.90. The van der Waals surface area contributed by atoms with Crippen LogP contribution in [0.25, 0.3) is 0 Å². The second-order valence-corrected chi connectivity index (χ2v) is 7.02. The van der Waals surface area contributed by atoms with Crippen LogP contribution in [0.4, 0.5) is 0 Å². The van der Waals surface area contributed by atoms with Gasteiger partial charge in [-0.2, -0.15) is 0 Å². The zero-order valence-corrected chi connectivity index (χ0v) is 15.1. The first-order chi connectivity index (χ1) is 12.3. The lowest BCUT2D eigenvalue weighted by atomic mass is 9.99. The van der Waals surface area contributed by atoms with E-state index in [0.29, 0.717) is 25.6 Å². The summed E-state index contributed by atoms with van der Waals surface area (Å²) in [6, 6.07) is 10.6. The Morgan fingerprint density at radius 3 is 2.44 bits per heavy atom. The normalized spacial score (nSPS) is 19.3. The molecule has 0 spiro atoms. The lowest BCUT2D eigenvalue weighted by molar-refractivity contribution is -0.135. The van der Waals surface area contributed by atoms with E-state index in [2.05, 4.69) is 29.2 Å². The van der Waals surface area contributed by atoms with Crippen LogP contribution in [-0.4, -0.2) is 68.3 Å². The van der Waals surface area contributed by atoms with E-state index in [4.69, 9.17) is 9.47 Å². The maximum absolute atomic E-state index is 12.5. The van der Waals surface area contributed by atoms with Gasteiger partial charge in [0.15, 0.2) is 0 Å². The van der Waals surface area contributed by atoms with E-state index in [1.54, 1.807) is 0 Å². The standard InChI is InChI=1S/C20H30N2O3/c23-20(22-10-14-25-15-11-22)6-9-21(16-18-4-2-1-3-5-18)17-19-7-12-24-13-8-19/h1-5,19H,6-17H2. The number of carbonyl (C=O) groups is 1. The molecule has 2 heterocycles. The highest BCUT2D eigenvalue weighted by Crippen LogP contribution is 2.18. The Morgan fingerprint density at radius 2 is 1.72 bits per heavy atom. The molecule has 5 heteroatoms. The topological polar surface area (TPSA) is 42.0 Å². The van der Waals surface area contributed by atoms with Gasteiger partial charge in [-0.15, -0.1) is 0 Å². The van der Waals surface area contributed by atoms with Crippen molar-refractivity contribution in [2.45, 2.75) is 25.8 Å². The summed E-state index contributed by atoms with van der Waals surface area (Å²) in [5.74, 6) is 0.935. The van der Waals surface area contributed by atoms with Crippen LogP contribution in [0, 0.1) is 5.92 Å². The number of rotatable bonds is 7. The molecule has 1 aromatic carbocycles. The van der Waals surface area contributed by atoms with E-state index < -0.39 is 0 Å². The van der Waals surface area contributed by atoms with Crippen molar-refractivity contribution in [2.75, 3.05) is 52.6 Å². The van der Waals surface area contributed by atoms with Crippen molar-refractivity contribution in [3.8, 4) is 0 Å². The summed E-state index contributed by atoms with van der Waals surface area (Å²) in [5.41, 5.74) is 1.31. The number of nitrogens with zero attached hydrogens (tertiary/aromatic N) is 2. The Kier molecular flexibility index (Phi) is 7.27. The molecule has 0 atom stereocenters. The van der Waals surface area contributed by atoms with Gasteiger partial charge in [-0.1, -0.05) is 30.3 Å². The van der Waals surface area contributed by atoms with E-state index in [9.17, 15) is 4.79 Å². The van der Waals surface area contributed by atoms with Gasteiger partial charge in [0.2, 0.25) is 5.91 Å². The molecule has 25 heavy (non-hydrogen) atoms. The Balaban J connectivity index is 1.53. The fourth-order valence-corrected chi connectivity index (χ4v) is 3.60. The third-order valence-corrected chi connectivity index (χ3v) is 5.11. The molecule has 0 N–H and O–H groups in total. The summed E-state index contributed by atoms with van der Waals surface area (Å²) in [4.78, 5) is 16.9. The summed E-state index contributed by atoms with van der Waals surface area (Å²) in [7, 11) is 0. The van der Waals surface area contributed by atoms with Gasteiger partial charge in [0.1, 0.15) is 0 Å². The van der Waals surface area contributed by atoms with Crippen LogP contribution in [0.15, 0.2) is 30.3 Å². The molecule has 138 valence electrons. The van der Waals surface area contributed by atoms with Gasteiger partial charge in [-0.25, -0.2) is 0 Å². The third-order valence-electron chi connectivity index (χ3n) is 5.11. The van der Waals surface area contributed by atoms with Crippen LogP contribution in [0.1, 0.15) is 24.8 Å². The maximum Gasteiger partial charge on any atom is 0.224 e. The molecule has 2 saturated heterocycles. The molecule has 5 nitrogen and oxygen atoms in total. The minimum atomic E-state index is 0.258. The van der Waals surface area contributed by atoms with Crippen LogP contribution >= 0.6 is 0 Å². The number of morpholine rings is 1. The highest BCUT2D eigenvalue weighted by Gasteiger charge is 2.21. The van der Waals surface area contributed by atoms with Gasteiger partial charge in [-0.05, 0) is 24.3 Å². The van der Waals surface area contributed by atoms with Crippen molar-refractivity contribution in [2.24, 2.45) is 5.92 Å². The van der Waals surface area contributed by atoms with E-state index >= 15 is 0 Å². The number of carbonyl (C=O) groups excluding carboxylic acids is 1.